The highest BCUT2D eigenvalue weighted by Crippen LogP contribution is 2.82. The van der Waals surface area contributed by atoms with E-state index < -0.39 is 0 Å². The predicted octanol–water partition coefficient (Wildman–Crippen LogP) is 2.36. The van der Waals surface area contributed by atoms with Crippen molar-refractivity contribution in [2.45, 2.75) is 64.2 Å². The van der Waals surface area contributed by atoms with Gasteiger partial charge in [-0.05, 0) is 51.9 Å². The largest absolute Gasteiger partial charge is 0.371 e. The summed E-state index contributed by atoms with van der Waals surface area (Å²) in [5, 5.41) is 2.24. The van der Waals surface area contributed by atoms with Crippen LogP contribution in [-0.4, -0.2) is 36.0 Å². The second kappa shape index (κ2) is 2.89. The average molecular weight is 237 g/mol. The Balaban J connectivity index is 1.58. The molecule has 1 unspecified atom stereocenters. The van der Waals surface area contributed by atoms with Crippen molar-refractivity contribution in [3.8, 4) is 0 Å². The van der Waals surface area contributed by atoms with E-state index in [2.05, 4.69) is 25.8 Å². The van der Waals surface area contributed by atoms with Crippen LogP contribution in [0.3, 0.4) is 0 Å². The standard InChI is InChI=1S/C14H23NO2/c1-12(2,3)17-10-4-7-15-11(10)14(9-16-15)8-13(14)5-6-13/h10-11H,4-9H2,1-3H3/t10-,11-,14?/m0/s1. The molecule has 3 nitrogen and oxygen atoms in total. The molecule has 2 saturated heterocycles. The van der Waals surface area contributed by atoms with Crippen LogP contribution in [0.2, 0.25) is 0 Å². The van der Waals surface area contributed by atoms with Gasteiger partial charge in [-0.15, -0.1) is 0 Å². The predicted molar refractivity (Wildman–Crippen MR) is 64.4 cm³/mol. The zero-order valence-electron chi connectivity index (χ0n) is 11.2. The molecule has 17 heavy (non-hydrogen) atoms. The second-order valence-corrected chi connectivity index (χ2v) is 7.53. The fourth-order valence-corrected chi connectivity index (χ4v) is 4.38. The highest BCUT2D eigenvalue weighted by Gasteiger charge is 2.81. The molecule has 96 valence electrons. The molecule has 4 aliphatic rings. The maximum absolute atomic E-state index is 6.29. The molecule has 4 rings (SSSR count). The van der Waals surface area contributed by atoms with Crippen molar-refractivity contribution in [1.29, 1.82) is 0 Å². The van der Waals surface area contributed by atoms with Crippen LogP contribution in [0.4, 0.5) is 0 Å². The number of hydrogen-bond acceptors (Lipinski definition) is 3. The molecule has 0 amide bonds. The lowest BCUT2D eigenvalue weighted by molar-refractivity contribution is -0.134. The van der Waals surface area contributed by atoms with Gasteiger partial charge in [0.05, 0.1) is 24.4 Å². The molecule has 3 heteroatoms. The summed E-state index contributed by atoms with van der Waals surface area (Å²) >= 11 is 0. The number of hydroxylamine groups is 2. The van der Waals surface area contributed by atoms with Gasteiger partial charge in [-0.25, -0.2) is 0 Å². The van der Waals surface area contributed by atoms with Crippen LogP contribution in [-0.2, 0) is 9.57 Å². The number of nitrogens with zero attached hydrogens (tertiary/aromatic N) is 1. The number of rotatable bonds is 1. The Labute approximate surface area is 103 Å². The number of ether oxygens (including phenoxy) is 1. The molecule has 0 aromatic carbocycles. The third kappa shape index (κ3) is 1.33. The van der Waals surface area contributed by atoms with E-state index in [1.54, 1.807) is 0 Å². The highest BCUT2D eigenvalue weighted by molar-refractivity contribution is 5.29. The summed E-state index contributed by atoms with van der Waals surface area (Å²) in [5.74, 6) is 0. The van der Waals surface area contributed by atoms with Gasteiger partial charge < -0.3 is 4.74 Å². The molecule has 0 radical (unpaired) electrons. The molecule has 2 heterocycles. The van der Waals surface area contributed by atoms with E-state index in [-0.39, 0.29) is 5.60 Å². The zero-order valence-corrected chi connectivity index (χ0v) is 11.2. The van der Waals surface area contributed by atoms with Gasteiger partial charge in [-0.1, -0.05) is 0 Å². The van der Waals surface area contributed by atoms with Gasteiger partial charge in [-0.3, -0.25) is 4.84 Å². The first-order chi connectivity index (χ1) is 7.96. The van der Waals surface area contributed by atoms with Gasteiger partial charge in [0, 0.05) is 12.0 Å². The summed E-state index contributed by atoms with van der Waals surface area (Å²) in [7, 11) is 0. The number of fused-ring (bicyclic) bond motifs is 3. The van der Waals surface area contributed by atoms with E-state index >= 15 is 0 Å². The van der Waals surface area contributed by atoms with Crippen molar-refractivity contribution in [1.82, 2.24) is 5.06 Å². The van der Waals surface area contributed by atoms with E-state index in [1.807, 2.05) is 0 Å². The first kappa shape index (κ1) is 10.8. The Kier molecular flexibility index (Phi) is 1.83. The van der Waals surface area contributed by atoms with Crippen LogP contribution in [0.1, 0.15) is 46.5 Å². The van der Waals surface area contributed by atoms with Crippen molar-refractivity contribution in [3.63, 3.8) is 0 Å². The van der Waals surface area contributed by atoms with Crippen LogP contribution in [0.15, 0.2) is 0 Å². The Morgan fingerprint density at radius 2 is 2.06 bits per heavy atom. The van der Waals surface area contributed by atoms with Crippen molar-refractivity contribution < 1.29 is 9.57 Å². The van der Waals surface area contributed by atoms with E-state index in [0.29, 0.717) is 23.0 Å². The summed E-state index contributed by atoms with van der Waals surface area (Å²) in [6, 6.07) is 0.546. The maximum Gasteiger partial charge on any atom is 0.0780 e. The molecule has 0 aromatic heterocycles. The van der Waals surface area contributed by atoms with Gasteiger partial charge in [0.2, 0.25) is 0 Å². The van der Waals surface area contributed by atoms with E-state index in [4.69, 9.17) is 9.57 Å². The molecule has 3 atom stereocenters. The zero-order chi connectivity index (χ0) is 11.9. The summed E-state index contributed by atoms with van der Waals surface area (Å²) in [5.41, 5.74) is 1.12. The van der Waals surface area contributed by atoms with Gasteiger partial charge in [0.15, 0.2) is 0 Å². The third-order valence-corrected chi connectivity index (χ3v) is 5.29. The Hall–Kier alpha value is -0.120. The second-order valence-electron chi connectivity index (χ2n) is 7.53. The van der Waals surface area contributed by atoms with Crippen molar-refractivity contribution in [2.24, 2.45) is 10.8 Å². The first-order valence-corrected chi connectivity index (χ1v) is 7.03. The smallest absolute Gasteiger partial charge is 0.0780 e. The molecule has 4 fully saturated rings. The Morgan fingerprint density at radius 3 is 2.65 bits per heavy atom. The Bertz CT molecular complexity index is 358. The highest BCUT2D eigenvalue weighted by atomic mass is 16.7. The fraction of sp³-hybridized carbons (Fsp3) is 1.00. The Morgan fingerprint density at radius 1 is 1.29 bits per heavy atom. The van der Waals surface area contributed by atoms with E-state index in [0.717, 1.165) is 19.6 Å². The van der Waals surface area contributed by atoms with Crippen molar-refractivity contribution in [3.05, 3.63) is 0 Å². The average Bonchev–Trinajstić information content (AvgIpc) is 3.01. The van der Waals surface area contributed by atoms with E-state index in [9.17, 15) is 0 Å². The molecule has 2 spiro atoms. The molecule has 2 aliphatic heterocycles. The summed E-state index contributed by atoms with van der Waals surface area (Å²) < 4.78 is 6.29. The minimum Gasteiger partial charge on any atom is -0.371 e. The van der Waals surface area contributed by atoms with Crippen LogP contribution < -0.4 is 0 Å². The van der Waals surface area contributed by atoms with Gasteiger partial charge in [0.1, 0.15) is 0 Å². The lowest BCUT2D eigenvalue weighted by Crippen LogP contribution is -2.41. The normalized spacial score (nSPS) is 46.8. The number of hydrogen-bond donors (Lipinski definition) is 0. The van der Waals surface area contributed by atoms with Crippen LogP contribution in [0.5, 0.6) is 0 Å². The summed E-state index contributed by atoms with van der Waals surface area (Å²) in [6.45, 7) is 8.51. The van der Waals surface area contributed by atoms with Gasteiger partial charge >= 0.3 is 0 Å². The molecule has 2 aliphatic carbocycles. The van der Waals surface area contributed by atoms with Crippen molar-refractivity contribution in [2.75, 3.05) is 13.2 Å². The molecule has 2 saturated carbocycles. The summed E-state index contributed by atoms with van der Waals surface area (Å²) in [6.07, 6.45) is 5.79. The van der Waals surface area contributed by atoms with Gasteiger partial charge in [0.25, 0.3) is 0 Å². The lowest BCUT2D eigenvalue weighted by Gasteiger charge is -2.31. The van der Waals surface area contributed by atoms with Crippen LogP contribution in [0.25, 0.3) is 0 Å². The van der Waals surface area contributed by atoms with Gasteiger partial charge in [-0.2, -0.15) is 5.06 Å². The molecular formula is C14H23NO2. The minimum absolute atomic E-state index is 0.0317. The minimum atomic E-state index is -0.0317. The third-order valence-electron chi connectivity index (χ3n) is 5.29. The molecule has 0 N–H and O–H groups in total. The SMILES string of the molecule is CC(C)(C)O[C@H]1CCN2OCC3(CC34CC4)[C@H]12. The topological polar surface area (TPSA) is 21.7 Å². The van der Waals surface area contributed by atoms with E-state index in [1.165, 1.54) is 19.3 Å². The molecule has 0 aromatic rings. The maximum atomic E-state index is 6.29. The molecule has 0 bridgehead atoms. The van der Waals surface area contributed by atoms with Crippen molar-refractivity contribution >= 4 is 0 Å². The quantitative estimate of drug-likeness (QED) is 0.699. The molecular weight excluding hydrogens is 214 g/mol. The lowest BCUT2D eigenvalue weighted by atomic mass is 9.90. The monoisotopic (exact) mass is 237 g/mol. The first-order valence-electron chi connectivity index (χ1n) is 7.03. The fourth-order valence-electron chi connectivity index (χ4n) is 4.38. The van der Waals surface area contributed by atoms with Crippen LogP contribution in [0, 0.1) is 10.8 Å². The van der Waals surface area contributed by atoms with Crippen LogP contribution >= 0.6 is 0 Å². The summed E-state index contributed by atoms with van der Waals surface area (Å²) in [4.78, 5) is 5.93.